The second-order valence-corrected chi connectivity index (χ2v) is 11.9. The highest BCUT2D eigenvalue weighted by Crippen LogP contribution is 2.71. The standard InChI is InChI=1S/C25H39N3O2/c1-16(28-14-13-26-27-28)22(29)21-9-12-24(3)20-6-5-17-15-23(2,30)10-7-18(17)19(20)8-11-25(21,24)4/h13-14,16-21,30H,5-12,15H2,1-4H3/t16-,17+,18+,19-,20-,21-,23-,24+,25-/m1/s1. The molecular weight excluding hydrogens is 374 g/mol. The van der Waals surface area contributed by atoms with E-state index >= 15 is 0 Å². The molecule has 5 nitrogen and oxygen atoms in total. The third-order valence-electron chi connectivity index (χ3n) is 10.7. The van der Waals surface area contributed by atoms with Gasteiger partial charge >= 0.3 is 0 Å². The Bertz CT molecular complexity index is 805. The van der Waals surface area contributed by atoms with E-state index in [0.29, 0.717) is 11.7 Å². The summed E-state index contributed by atoms with van der Waals surface area (Å²) in [7, 11) is 0. The average molecular weight is 414 g/mol. The quantitative estimate of drug-likeness (QED) is 0.771. The van der Waals surface area contributed by atoms with Gasteiger partial charge in [0.05, 0.1) is 11.8 Å². The molecule has 4 aliphatic rings. The van der Waals surface area contributed by atoms with Gasteiger partial charge in [-0.3, -0.25) is 4.79 Å². The van der Waals surface area contributed by atoms with Gasteiger partial charge in [-0.2, -0.15) is 0 Å². The molecule has 4 aliphatic carbocycles. The molecule has 0 aliphatic heterocycles. The van der Waals surface area contributed by atoms with Crippen LogP contribution in [0.1, 0.15) is 91.5 Å². The summed E-state index contributed by atoms with van der Waals surface area (Å²) in [4.78, 5) is 13.6. The molecule has 1 heterocycles. The topological polar surface area (TPSA) is 68.0 Å². The fourth-order valence-electron chi connectivity index (χ4n) is 8.81. The summed E-state index contributed by atoms with van der Waals surface area (Å²) in [6, 6.07) is -0.231. The number of fused-ring (bicyclic) bond motifs is 5. The average Bonchev–Trinajstić information content (AvgIpc) is 3.32. The Labute approximate surface area is 181 Å². The number of rotatable bonds is 3. The van der Waals surface area contributed by atoms with Crippen LogP contribution < -0.4 is 0 Å². The molecule has 0 aromatic carbocycles. The summed E-state index contributed by atoms with van der Waals surface area (Å²) < 4.78 is 1.73. The third kappa shape index (κ3) is 2.87. The van der Waals surface area contributed by atoms with Gasteiger partial charge in [-0.25, -0.2) is 4.68 Å². The highest BCUT2D eigenvalue weighted by atomic mass is 16.3. The normalized spacial score (nSPS) is 49.0. The van der Waals surface area contributed by atoms with E-state index in [1.807, 2.05) is 20.0 Å². The molecule has 166 valence electrons. The van der Waals surface area contributed by atoms with Crippen molar-refractivity contribution in [2.75, 3.05) is 0 Å². The molecule has 1 aromatic rings. The summed E-state index contributed by atoms with van der Waals surface area (Å²) in [5.74, 6) is 3.50. The second kappa shape index (κ2) is 6.88. The van der Waals surface area contributed by atoms with E-state index in [9.17, 15) is 9.90 Å². The van der Waals surface area contributed by atoms with E-state index in [1.165, 1.54) is 38.5 Å². The van der Waals surface area contributed by atoms with Crippen molar-refractivity contribution in [1.29, 1.82) is 0 Å². The molecule has 5 heteroatoms. The number of ketones is 1. The van der Waals surface area contributed by atoms with Gasteiger partial charge in [0.2, 0.25) is 0 Å². The van der Waals surface area contributed by atoms with E-state index < -0.39 is 5.60 Å². The summed E-state index contributed by atoms with van der Waals surface area (Å²) in [6.45, 7) is 8.99. The van der Waals surface area contributed by atoms with Crippen LogP contribution in [-0.2, 0) is 4.79 Å². The summed E-state index contributed by atoms with van der Waals surface area (Å²) in [5, 5.41) is 18.6. The monoisotopic (exact) mass is 413 g/mol. The minimum absolute atomic E-state index is 0.0904. The zero-order chi connectivity index (χ0) is 21.3. The molecule has 0 bridgehead atoms. The number of hydrogen-bond acceptors (Lipinski definition) is 4. The first-order valence-corrected chi connectivity index (χ1v) is 12.3. The lowest BCUT2D eigenvalue weighted by molar-refractivity contribution is -0.150. The van der Waals surface area contributed by atoms with Crippen LogP contribution in [-0.4, -0.2) is 31.5 Å². The Morgan fingerprint density at radius 2 is 1.77 bits per heavy atom. The van der Waals surface area contributed by atoms with Gasteiger partial charge in [0.15, 0.2) is 5.78 Å². The smallest absolute Gasteiger partial charge is 0.160 e. The van der Waals surface area contributed by atoms with Crippen molar-refractivity contribution in [2.45, 2.75) is 97.1 Å². The SMILES string of the molecule is C[C@H](C(=O)[C@H]1CC[C@@]2(C)[C@@H]3CC[C@H]4C[C@](C)(O)CC[C@@H]4[C@H]3CC[C@]12C)n1ccnn1. The molecule has 0 amide bonds. The molecule has 9 atom stereocenters. The number of aromatic nitrogens is 3. The van der Waals surface area contributed by atoms with Crippen LogP contribution in [0.2, 0.25) is 0 Å². The van der Waals surface area contributed by atoms with Crippen LogP contribution in [0.25, 0.3) is 0 Å². The number of aliphatic hydroxyl groups is 1. The van der Waals surface area contributed by atoms with Crippen molar-refractivity contribution in [3.05, 3.63) is 12.4 Å². The zero-order valence-corrected chi connectivity index (χ0v) is 19.2. The molecular formula is C25H39N3O2. The van der Waals surface area contributed by atoms with E-state index in [0.717, 1.165) is 37.0 Å². The van der Waals surface area contributed by atoms with Crippen LogP contribution in [0.3, 0.4) is 0 Å². The van der Waals surface area contributed by atoms with Crippen LogP contribution in [0, 0.1) is 40.4 Å². The first-order valence-electron chi connectivity index (χ1n) is 12.3. The number of hydrogen-bond donors (Lipinski definition) is 1. The Morgan fingerprint density at radius 3 is 2.50 bits per heavy atom. The van der Waals surface area contributed by atoms with E-state index in [2.05, 4.69) is 24.2 Å². The van der Waals surface area contributed by atoms with Crippen molar-refractivity contribution in [2.24, 2.45) is 40.4 Å². The summed E-state index contributed by atoms with van der Waals surface area (Å²) >= 11 is 0. The van der Waals surface area contributed by atoms with E-state index in [1.54, 1.807) is 10.9 Å². The minimum Gasteiger partial charge on any atom is -0.390 e. The highest BCUT2D eigenvalue weighted by Gasteiger charge is 2.65. The molecule has 30 heavy (non-hydrogen) atoms. The predicted octanol–water partition coefficient (Wildman–Crippen LogP) is 4.82. The summed E-state index contributed by atoms with van der Waals surface area (Å²) in [6.07, 6.45) is 13.8. The van der Waals surface area contributed by atoms with Crippen molar-refractivity contribution >= 4 is 5.78 Å². The molecule has 4 fully saturated rings. The Balaban J connectivity index is 1.39. The Hall–Kier alpha value is -1.23. The first kappa shape index (κ1) is 20.7. The molecule has 5 rings (SSSR count). The lowest BCUT2D eigenvalue weighted by Crippen LogP contribution is -2.55. The maximum atomic E-state index is 13.6. The van der Waals surface area contributed by atoms with Crippen molar-refractivity contribution in [3.63, 3.8) is 0 Å². The number of carbonyl (C=O) groups is 1. The zero-order valence-electron chi connectivity index (χ0n) is 19.2. The Kier molecular flexibility index (Phi) is 4.74. The highest BCUT2D eigenvalue weighted by molar-refractivity contribution is 5.85. The molecule has 0 spiro atoms. The fourth-order valence-corrected chi connectivity index (χ4v) is 8.81. The minimum atomic E-state index is -0.455. The molecule has 0 radical (unpaired) electrons. The van der Waals surface area contributed by atoms with Crippen molar-refractivity contribution < 1.29 is 9.90 Å². The van der Waals surface area contributed by atoms with Gasteiger partial charge in [0.25, 0.3) is 0 Å². The predicted molar refractivity (Wildman–Crippen MR) is 116 cm³/mol. The van der Waals surface area contributed by atoms with Gasteiger partial charge in [-0.1, -0.05) is 19.1 Å². The fraction of sp³-hybridized carbons (Fsp3) is 0.880. The van der Waals surface area contributed by atoms with Crippen molar-refractivity contribution in [3.8, 4) is 0 Å². The molecule has 1 aromatic heterocycles. The number of nitrogens with zero attached hydrogens (tertiary/aromatic N) is 3. The maximum absolute atomic E-state index is 13.6. The van der Waals surface area contributed by atoms with Crippen LogP contribution in [0.4, 0.5) is 0 Å². The van der Waals surface area contributed by atoms with E-state index in [4.69, 9.17) is 0 Å². The largest absolute Gasteiger partial charge is 0.390 e. The molecule has 0 unspecified atom stereocenters. The second-order valence-electron chi connectivity index (χ2n) is 11.9. The number of carbonyl (C=O) groups excluding carboxylic acids is 1. The Morgan fingerprint density at radius 1 is 1.03 bits per heavy atom. The number of Topliss-reactive ketones (excluding diaryl/α,β-unsaturated/α-hetero) is 1. The van der Waals surface area contributed by atoms with Gasteiger partial charge in [0.1, 0.15) is 6.04 Å². The van der Waals surface area contributed by atoms with Crippen molar-refractivity contribution in [1.82, 2.24) is 15.0 Å². The third-order valence-corrected chi connectivity index (χ3v) is 10.7. The first-order chi connectivity index (χ1) is 14.2. The van der Waals surface area contributed by atoms with Gasteiger partial charge in [0, 0.05) is 12.1 Å². The van der Waals surface area contributed by atoms with Crippen LogP contribution in [0.5, 0.6) is 0 Å². The van der Waals surface area contributed by atoms with Crippen LogP contribution >= 0.6 is 0 Å². The van der Waals surface area contributed by atoms with E-state index in [-0.39, 0.29) is 22.8 Å². The van der Waals surface area contributed by atoms with Gasteiger partial charge < -0.3 is 5.11 Å². The van der Waals surface area contributed by atoms with Gasteiger partial charge in [-0.15, -0.1) is 5.10 Å². The van der Waals surface area contributed by atoms with Crippen LogP contribution in [0.15, 0.2) is 12.4 Å². The summed E-state index contributed by atoms with van der Waals surface area (Å²) in [5.41, 5.74) is -0.111. The van der Waals surface area contributed by atoms with Gasteiger partial charge in [-0.05, 0) is 106 Å². The molecule has 0 saturated heterocycles. The lowest BCUT2D eigenvalue weighted by Gasteiger charge is -2.61. The molecule has 1 N–H and O–H groups in total. The maximum Gasteiger partial charge on any atom is 0.160 e. The molecule has 4 saturated carbocycles. The lowest BCUT2D eigenvalue weighted by atomic mass is 9.43.